The van der Waals surface area contributed by atoms with Crippen LogP contribution < -0.4 is 5.73 Å². The van der Waals surface area contributed by atoms with Crippen molar-refractivity contribution in [3.8, 4) is 0 Å². The maximum atomic E-state index is 10.8. The molecule has 0 aromatic rings. The number of hydrogen-bond acceptors (Lipinski definition) is 1. The molecule has 1 amide bonds. The quantitative estimate of drug-likeness (QED) is 0.563. The summed E-state index contributed by atoms with van der Waals surface area (Å²) in [6, 6.07) is 0. The Hall–Kier alpha value is -1.83. The maximum Gasteiger partial charge on any atom is 0.241 e. The standard InChI is InChI=1S/C20H29NO/c1-15(8-6-9-16(2)14-19(21)22)11-12-18-17(3)10-7-13-20(18,4)5/h6,8-9,11-12,14H,7,10,13H2,1-5H3,(H2,21,22)/b9-6?,12-11?,15-8?,16-14-. The molecule has 0 fully saturated rings. The molecule has 1 aliphatic carbocycles. The Bertz CT molecular complexity index is 569. The molecule has 0 bridgehead atoms. The highest BCUT2D eigenvalue weighted by Gasteiger charge is 2.26. The second-order valence-electron chi connectivity index (χ2n) is 6.83. The second kappa shape index (κ2) is 7.98. The summed E-state index contributed by atoms with van der Waals surface area (Å²) in [6.07, 6.45) is 15.5. The van der Waals surface area contributed by atoms with Gasteiger partial charge in [0.15, 0.2) is 0 Å². The summed E-state index contributed by atoms with van der Waals surface area (Å²) >= 11 is 0. The van der Waals surface area contributed by atoms with Crippen molar-refractivity contribution in [2.45, 2.75) is 53.9 Å². The third-order valence-corrected chi connectivity index (χ3v) is 4.14. The number of nitrogens with two attached hydrogens (primary N) is 1. The van der Waals surface area contributed by atoms with Gasteiger partial charge in [-0.05, 0) is 56.6 Å². The van der Waals surface area contributed by atoms with Gasteiger partial charge in [0.05, 0.1) is 0 Å². The smallest absolute Gasteiger partial charge is 0.241 e. The van der Waals surface area contributed by atoms with Crippen molar-refractivity contribution in [1.82, 2.24) is 0 Å². The van der Waals surface area contributed by atoms with Gasteiger partial charge in [0.1, 0.15) is 0 Å². The Balaban J connectivity index is 2.79. The van der Waals surface area contributed by atoms with Gasteiger partial charge in [-0.1, -0.05) is 55.4 Å². The minimum absolute atomic E-state index is 0.274. The highest BCUT2D eigenvalue weighted by atomic mass is 16.1. The summed E-state index contributed by atoms with van der Waals surface area (Å²) in [4.78, 5) is 10.8. The molecule has 0 saturated heterocycles. The Morgan fingerprint density at radius 3 is 2.45 bits per heavy atom. The second-order valence-corrected chi connectivity index (χ2v) is 6.83. The van der Waals surface area contributed by atoms with E-state index in [0.717, 1.165) is 5.57 Å². The van der Waals surface area contributed by atoms with E-state index >= 15 is 0 Å². The van der Waals surface area contributed by atoms with Gasteiger partial charge in [0, 0.05) is 6.08 Å². The van der Waals surface area contributed by atoms with E-state index in [4.69, 9.17) is 5.73 Å². The molecule has 2 heteroatoms. The Morgan fingerprint density at radius 2 is 1.86 bits per heavy atom. The van der Waals surface area contributed by atoms with Crippen molar-refractivity contribution in [1.29, 1.82) is 0 Å². The van der Waals surface area contributed by atoms with Crippen LogP contribution in [-0.4, -0.2) is 5.91 Å². The summed E-state index contributed by atoms with van der Waals surface area (Å²) in [5.41, 5.74) is 10.4. The number of carbonyl (C=O) groups is 1. The first-order valence-corrected chi connectivity index (χ1v) is 7.93. The molecule has 0 atom stereocenters. The summed E-state index contributed by atoms with van der Waals surface area (Å²) in [6.45, 7) is 10.8. The van der Waals surface area contributed by atoms with Gasteiger partial charge < -0.3 is 5.73 Å². The van der Waals surface area contributed by atoms with Crippen molar-refractivity contribution in [3.63, 3.8) is 0 Å². The molecule has 2 nitrogen and oxygen atoms in total. The normalized spacial score (nSPS) is 20.2. The van der Waals surface area contributed by atoms with Crippen molar-refractivity contribution in [3.05, 3.63) is 58.7 Å². The molecule has 0 heterocycles. The Morgan fingerprint density at radius 1 is 1.18 bits per heavy atom. The Labute approximate surface area is 135 Å². The highest BCUT2D eigenvalue weighted by molar-refractivity contribution is 5.86. The summed E-state index contributed by atoms with van der Waals surface area (Å²) in [7, 11) is 0. The van der Waals surface area contributed by atoms with Crippen LogP contribution in [0.3, 0.4) is 0 Å². The van der Waals surface area contributed by atoms with Crippen LogP contribution in [0.2, 0.25) is 0 Å². The number of carbonyl (C=O) groups excluding carboxylic acids is 1. The van der Waals surface area contributed by atoms with Gasteiger partial charge in [0.2, 0.25) is 5.91 Å². The molecule has 1 rings (SSSR count). The molecule has 22 heavy (non-hydrogen) atoms. The van der Waals surface area contributed by atoms with Crippen LogP contribution in [0, 0.1) is 5.41 Å². The molecule has 0 aromatic carbocycles. The largest absolute Gasteiger partial charge is 0.366 e. The van der Waals surface area contributed by atoms with E-state index in [2.05, 4.69) is 39.8 Å². The monoisotopic (exact) mass is 299 g/mol. The third kappa shape index (κ3) is 5.88. The van der Waals surface area contributed by atoms with Crippen LogP contribution in [0.5, 0.6) is 0 Å². The average Bonchev–Trinajstić information content (AvgIpc) is 2.36. The average molecular weight is 299 g/mol. The number of allylic oxidation sites excluding steroid dienone is 9. The van der Waals surface area contributed by atoms with Crippen molar-refractivity contribution < 1.29 is 4.79 Å². The highest BCUT2D eigenvalue weighted by Crippen LogP contribution is 2.40. The number of primary amides is 1. The number of rotatable bonds is 5. The molecule has 120 valence electrons. The first-order valence-electron chi connectivity index (χ1n) is 7.93. The minimum atomic E-state index is -0.412. The van der Waals surface area contributed by atoms with Crippen molar-refractivity contribution in [2.75, 3.05) is 0 Å². The van der Waals surface area contributed by atoms with E-state index in [1.165, 1.54) is 42.1 Å². The minimum Gasteiger partial charge on any atom is -0.366 e. The SMILES string of the molecule is CC(C=CC1=C(C)CCCC1(C)C)=CC=C/C(C)=C\C(N)=O. The molecular weight excluding hydrogens is 270 g/mol. The fraction of sp³-hybridized carbons (Fsp3) is 0.450. The molecule has 0 radical (unpaired) electrons. The maximum absolute atomic E-state index is 10.8. The van der Waals surface area contributed by atoms with Gasteiger partial charge in [-0.3, -0.25) is 4.79 Å². The number of hydrogen-bond donors (Lipinski definition) is 1. The topological polar surface area (TPSA) is 43.1 Å². The first kappa shape index (κ1) is 18.2. The van der Waals surface area contributed by atoms with Gasteiger partial charge in [-0.25, -0.2) is 0 Å². The van der Waals surface area contributed by atoms with Gasteiger partial charge >= 0.3 is 0 Å². The van der Waals surface area contributed by atoms with Gasteiger partial charge in [-0.15, -0.1) is 0 Å². The molecular formula is C20H29NO. The van der Waals surface area contributed by atoms with E-state index < -0.39 is 5.91 Å². The molecule has 1 aliphatic rings. The van der Waals surface area contributed by atoms with Crippen LogP contribution in [-0.2, 0) is 4.79 Å². The zero-order chi connectivity index (χ0) is 16.8. The lowest BCUT2D eigenvalue weighted by atomic mass is 9.72. The number of amides is 1. The lowest BCUT2D eigenvalue weighted by molar-refractivity contribution is -0.113. The summed E-state index contributed by atoms with van der Waals surface area (Å²) in [5, 5.41) is 0. The predicted octanol–water partition coefficient (Wildman–Crippen LogP) is 5.00. The predicted molar refractivity (Wildman–Crippen MR) is 95.3 cm³/mol. The molecule has 0 aromatic heterocycles. The Kier molecular flexibility index (Phi) is 6.61. The van der Waals surface area contributed by atoms with E-state index in [-0.39, 0.29) is 5.41 Å². The molecule has 0 saturated carbocycles. The lowest BCUT2D eigenvalue weighted by Gasteiger charge is -2.32. The van der Waals surface area contributed by atoms with Gasteiger partial charge in [0.25, 0.3) is 0 Å². The van der Waals surface area contributed by atoms with E-state index in [1.807, 2.05) is 25.2 Å². The van der Waals surface area contributed by atoms with E-state index in [9.17, 15) is 4.79 Å². The van der Waals surface area contributed by atoms with Crippen LogP contribution in [0.25, 0.3) is 0 Å². The molecule has 0 spiro atoms. The van der Waals surface area contributed by atoms with Crippen LogP contribution in [0.4, 0.5) is 0 Å². The van der Waals surface area contributed by atoms with E-state index in [1.54, 1.807) is 0 Å². The lowest BCUT2D eigenvalue weighted by Crippen LogP contribution is -2.19. The zero-order valence-corrected chi connectivity index (χ0v) is 14.6. The van der Waals surface area contributed by atoms with Crippen molar-refractivity contribution in [2.24, 2.45) is 11.1 Å². The molecule has 0 unspecified atom stereocenters. The first-order chi connectivity index (χ1) is 10.2. The molecule has 0 aliphatic heterocycles. The molecule has 2 N–H and O–H groups in total. The zero-order valence-electron chi connectivity index (χ0n) is 14.6. The fourth-order valence-electron chi connectivity index (χ4n) is 2.90. The van der Waals surface area contributed by atoms with Crippen LogP contribution in [0.15, 0.2) is 58.7 Å². The van der Waals surface area contributed by atoms with Crippen LogP contribution in [0.1, 0.15) is 53.9 Å². The van der Waals surface area contributed by atoms with E-state index in [0.29, 0.717) is 0 Å². The summed E-state index contributed by atoms with van der Waals surface area (Å²) in [5.74, 6) is -0.412. The van der Waals surface area contributed by atoms with Gasteiger partial charge in [-0.2, -0.15) is 0 Å². The van der Waals surface area contributed by atoms with Crippen LogP contribution >= 0.6 is 0 Å². The third-order valence-electron chi connectivity index (χ3n) is 4.14. The van der Waals surface area contributed by atoms with Crippen molar-refractivity contribution >= 4 is 5.91 Å². The fourth-order valence-corrected chi connectivity index (χ4v) is 2.90. The summed E-state index contributed by atoms with van der Waals surface area (Å²) < 4.78 is 0.